The van der Waals surface area contributed by atoms with Gasteiger partial charge < -0.3 is 5.32 Å². The number of amides is 1. The molecule has 4 nitrogen and oxygen atoms in total. The number of carbonyl (C=O) groups is 1. The third-order valence-corrected chi connectivity index (χ3v) is 6.17. The highest BCUT2D eigenvalue weighted by molar-refractivity contribution is 8.00. The van der Waals surface area contributed by atoms with Crippen LogP contribution in [0.25, 0.3) is 0 Å². The molecule has 2 aromatic rings. The fourth-order valence-corrected chi connectivity index (χ4v) is 4.62. The van der Waals surface area contributed by atoms with Crippen LogP contribution in [0.2, 0.25) is 0 Å². The number of hydrogen-bond acceptors (Lipinski definition) is 3. The van der Waals surface area contributed by atoms with E-state index in [9.17, 15) is 4.79 Å². The highest BCUT2D eigenvalue weighted by atomic mass is 32.2. The standard InChI is InChI=1S/C19H25N3OS/c1-13-16(14(2)22(3)21-13)12-19(23)20-17-10-6-7-11-18(17)24-15-8-4-5-9-15/h6-7,10-11,15H,4-5,8-9,12H2,1-3H3,(H,20,23). The zero-order valence-electron chi connectivity index (χ0n) is 14.6. The molecule has 0 saturated heterocycles. The number of para-hydroxylation sites is 1. The van der Waals surface area contributed by atoms with Crippen LogP contribution in [0.1, 0.15) is 42.6 Å². The Morgan fingerprint density at radius 2 is 2.00 bits per heavy atom. The quantitative estimate of drug-likeness (QED) is 0.883. The molecule has 1 fully saturated rings. The van der Waals surface area contributed by atoms with Gasteiger partial charge in [-0.1, -0.05) is 25.0 Å². The van der Waals surface area contributed by atoms with E-state index in [1.807, 2.05) is 55.5 Å². The van der Waals surface area contributed by atoms with Gasteiger partial charge in [-0.2, -0.15) is 5.10 Å². The number of thioether (sulfide) groups is 1. The summed E-state index contributed by atoms with van der Waals surface area (Å²) in [5.41, 5.74) is 3.93. The molecule has 1 aliphatic carbocycles. The summed E-state index contributed by atoms with van der Waals surface area (Å²) >= 11 is 1.91. The molecule has 1 N–H and O–H groups in total. The lowest BCUT2D eigenvalue weighted by atomic mass is 10.1. The SMILES string of the molecule is Cc1nn(C)c(C)c1CC(=O)Nc1ccccc1SC1CCCC1. The molecule has 0 unspecified atom stereocenters. The molecule has 0 bridgehead atoms. The molecule has 1 heterocycles. The average molecular weight is 343 g/mol. The molecule has 5 heteroatoms. The summed E-state index contributed by atoms with van der Waals surface area (Å²) in [5, 5.41) is 8.18. The number of benzene rings is 1. The molecule has 1 saturated carbocycles. The monoisotopic (exact) mass is 343 g/mol. The van der Waals surface area contributed by atoms with Gasteiger partial charge in [0.1, 0.15) is 0 Å². The number of aromatic nitrogens is 2. The first-order valence-corrected chi connectivity index (χ1v) is 9.47. The molecule has 3 rings (SSSR count). The Bertz CT molecular complexity index is 732. The maximum Gasteiger partial charge on any atom is 0.228 e. The lowest BCUT2D eigenvalue weighted by Gasteiger charge is -2.14. The minimum absolute atomic E-state index is 0.0219. The number of anilines is 1. The molecule has 0 aliphatic heterocycles. The van der Waals surface area contributed by atoms with Crippen molar-refractivity contribution in [1.82, 2.24) is 9.78 Å². The van der Waals surface area contributed by atoms with Crippen molar-refractivity contribution in [1.29, 1.82) is 0 Å². The molecule has 0 radical (unpaired) electrons. The molecule has 0 atom stereocenters. The van der Waals surface area contributed by atoms with E-state index in [1.54, 1.807) is 0 Å². The topological polar surface area (TPSA) is 46.9 Å². The molecule has 128 valence electrons. The maximum atomic E-state index is 12.5. The van der Waals surface area contributed by atoms with Crippen molar-refractivity contribution in [3.63, 3.8) is 0 Å². The van der Waals surface area contributed by atoms with Gasteiger partial charge in [0.05, 0.1) is 17.8 Å². The average Bonchev–Trinajstić information content (AvgIpc) is 3.14. The summed E-state index contributed by atoms with van der Waals surface area (Å²) in [6, 6.07) is 8.13. The van der Waals surface area contributed by atoms with E-state index in [0.29, 0.717) is 11.7 Å². The fraction of sp³-hybridized carbons (Fsp3) is 0.474. The van der Waals surface area contributed by atoms with Gasteiger partial charge in [-0.25, -0.2) is 0 Å². The number of hydrogen-bond donors (Lipinski definition) is 1. The Morgan fingerprint density at radius 1 is 1.29 bits per heavy atom. The van der Waals surface area contributed by atoms with Crippen LogP contribution in [0.5, 0.6) is 0 Å². The zero-order valence-corrected chi connectivity index (χ0v) is 15.4. The predicted octanol–water partition coefficient (Wildman–Crippen LogP) is 4.25. The zero-order chi connectivity index (χ0) is 17.1. The lowest BCUT2D eigenvalue weighted by Crippen LogP contribution is -2.16. The molecule has 1 aromatic carbocycles. The highest BCUT2D eigenvalue weighted by Gasteiger charge is 2.19. The van der Waals surface area contributed by atoms with Crippen molar-refractivity contribution in [3.8, 4) is 0 Å². The fourth-order valence-electron chi connectivity index (χ4n) is 3.29. The van der Waals surface area contributed by atoms with E-state index >= 15 is 0 Å². The van der Waals surface area contributed by atoms with Crippen LogP contribution in [-0.2, 0) is 18.3 Å². The van der Waals surface area contributed by atoms with Crippen molar-refractivity contribution < 1.29 is 4.79 Å². The van der Waals surface area contributed by atoms with E-state index in [0.717, 1.165) is 22.6 Å². The number of rotatable bonds is 5. The van der Waals surface area contributed by atoms with Crippen molar-refractivity contribution in [2.45, 2.75) is 56.1 Å². The Morgan fingerprint density at radius 3 is 2.67 bits per heavy atom. The lowest BCUT2D eigenvalue weighted by molar-refractivity contribution is -0.115. The van der Waals surface area contributed by atoms with Gasteiger partial charge in [0.25, 0.3) is 0 Å². The number of carbonyl (C=O) groups excluding carboxylic acids is 1. The van der Waals surface area contributed by atoms with Crippen molar-refractivity contribution in [2.24, 2.45) is 7.05 Å². The number of nitrogens with zero attached hydrogens (tertiary/aromatic N) is 2. The molecular weight excluding hydrogens is 318 g/mol. The van der Waals surface area contributed by atoms with Crippen LogP contribution in [0, 0.1) is 13.8 Å². The maximum absolute atomic E-state index is 12.5. The van der Waals surface area contributed by atoms with E-state index in [4.69, 9.17) is 0 Å². The highest BCUT2D eigenvalue weighted by Crippen LogP contribution is 2.38. The van der Waals surface area contributed by atoms with Gasteiger partial charge in [0.15, 0.2) is 0 Å². The molecule has 1 amide bonds. The van der Waals surface area contributed by atoms with E-state index in [1.165, 1.54) is 30.6 Å². The summed E-state index contributed by atoms with van der Waals surface area (Å²) in [6.07, 6.45) is 5.58. The smallest absolute Gasteiger partial charge is 0.228 e. The second-order valence-corrected chi connectivity index (χ2v) is 7.86. The molecule has 0 spiro atoms. The summed E-state index contributed by atoms with van der Waals surface area (Å²) in [5.74, 6) is 0.0219. The van der Waals surface area contributed by atoms with Crippen molar-refractivity contribution in [2.75, 3.05) is 5.32 Å². The van der Waals surface area contributed by atoms with E-state index in [2.05, 4.69) is 16.5 Å². The Hall–Kier alpha value is -1.75. The predicted molar refractivity (Wildman–Crippen MR) is 99.6 cm³/mol. The molecule has 1 aliphatic rings. The second-order valence-electron chi connectivity index (χ2n) is 6.52. The largest absolute Gasteiger partial charge is 0.325 e. The van der Waals surface area contributed by atoms with Gasteiger partial charge in [0.2, 0.25) is 5.91 Å². The van der Waals surface area contributed by atoms with Gasteiger partial charge in [-0.3, -0.25) is 9.48 Å². The van der Waals surface area contributed by atoms with Crippen LogP contribution in [0.4, 0.5) is 5.69 Å². The normalized spacial score (nSPS) is 15.0. The molecular formula is C19H25N3OS. The summed E-state index contributed by atoms with van der Waals surface area (Å²) < 4.78 is 1.84. The summed E-state index contributed by atoms with van der Waals surface area (Å²) in [6.45, 7) is 3.96. The Labute approximate surface area is 148 Å². The van der Waals surface area contributed by atoms with Crippen molar-refractivity contribution in [3.05, 3.63) is 41.2 Å². The van der Waals surface area contributed by atoms with Crippen molar-refractivity contribution >= 4 is 23.4 Å². The van der Waals surface area contributed by atoms with Gasteiger partial charge in [-0.15, -0.1) is 11.8 Å². The number of nitrogens with one attached hydrogen (secondary N) is 1. The van der Waals surface area contributed by atoms with Gasteiger partial charge >= 0.3 is 0 Å². The first kappa shape index (κ1) is 17.1. The Balaban J connectivity index is 1.70. The number of aryl methyl sites for hydroxylation is 2. The molecule has 1 aromatic heterocycles. The van der Waals surface area contributed by atoms with Crippen LogP contribution in [-0.4, -0.2) is 20.9 Å². The van der Waals surface area contributed by atoms with E-state index < -0.39 is 0 Å². The van der Waals surface area contributed by atoms with Crippen LogP contribution < -0.4 is 5.32 Å². The first-order chi connectivity index (χ1) is 11.5. The van der Waals surface area contributed by atoms with Crippen LogP contribution in [0.15, 0.2) is 29.2 Å². The summed E-state index contributed by atoms with van der Waals surface area (Å²) in [7, 11) is 1.91. The third-order valence-electron chi connectivity index (χ3n) is 4.75. The van der Waals surface area contributed by atoms with Crippen LogP contribution in [0.3, 0.4) is 0 Å². The second kappa shape index (κ2) is 7.43. The van der Waals surface area contributed by atoms with E-state index in [-0.39, 0.29) is 5.91 Å². The minimum Gasteiger partial charge on any atom is -0.325 e. The minimum atomic E-state index is 0.0219. The third kappa shape index (κ3) is 3.83. The first-order valence-electron chi connectivity index (χ1n) is 8.59. The van der Waals surface area contributed by atoms with Gasteiger partial charge in [0, 0.05) is 28.5 Å². The van der Waals surface area contributed by atoms with Crippen LogP contribution >= 0.6 is 11.8 Å². The molecule has 24 heavy (non-hydrogen) atoms. The van der Waals surface area contributed by atoms with Gasteiger partial charge in [-0.05, 0) is 38.8 Å². The summed E-state index contributed by atoms with van der Waals surface area (Å²) in [4.78, 5) is 13.7. The Kier molecular flexibility index (Phi) is 5.29.